The van der Waals surface area contributed by atoms with Gasteiger partial charge in [-0.15, -0.1) is 0 Å². The van der Waals surface area contributed by atoms with E-state index in [1.54, 1.807) is 0 Å². The van der Waals surface area contributed by atoms with Crippen LogP contribution in [-0.2, 0) is 0 Å². The van der Waals surface area contributed by atoms with Gasteiger partial charge in [-0.1, -0.05) is 0 Å². The van der Waals surface area contributed by atoms with Crippen molar-refractivity contribution in [3.63, 3.8) is 0 Å². The van der Waals surface area contributed by atoms with E-state index in [9.17, 15) is 0 Å². The normalized spacial score (nSPS) is 47.0. The van der Waals surface area contributed by atoms with Gasteiger partial charge in [0.15, 0.2) is 0 Å². The van der Waals surface area contributed by atoms with Crippen molar-refractivity contribution >= 4 is 20.8 Å². The first-order valence-electron chi connectivity index (χ1n) is 4.90. The second-order valence-electron chi connectivity index (χ2n) is 4.29. The first kappa shape index (κ1) is 10.4. The molecule has 0 N–H and O–H groups in total. The molecule has 0 aliphatic carbocycles. The highest BCUT2D eigenvalue weighted by Crippen LogP contribution is 2.22. The average Bonchev–Trinajstić information content (AvgIpc) is 2.08. The van der Waals surface area contributed by atoms with Gasteiger partial charge in [-0.25, -0.2) is 0 Å². The smallest absolute Gasteiger partial charge is 0.0792 e. The van der Waals surface area contributed by atoms with Crippen LogP contribution in [0, 0.1) is 0 Å². The minimum Gasteiger partial charge on any atom is -0.324 e. The van der Waals surface area contributed by atoms with E-state index in [0.29, 0.717) is 0 Å². The Morgan fingerprint density at radius 1 is 0.667 bits per heavy atom. The molecule has 2 nitrogen and oxygen atoms in total. The third kappa shape index (κ3) is 1.53. The SMILES string of the molecule is C[C@@H]1[C@H](C)N([SiH3])[C@H](C)[C@H](C)N1[SiH3]. The molecule has 0 aromatic heterocycles. The highest BCUT2D eigenvalue weighted by atomic mass is 28.2. The van der Waals surface area contributed by atoms with Crippen LogP contribution in [0.5, 0.6) is 0 Å². The molecule has 1 aliphatic rings. The van der Waals surface area contributed by atoms with Crippen LogP contribution >= 0.6 is 0 Å². The number of hydrogen-bond acceptors (Lipinski definition) is 2. The summed E-state index contributed by atoms with van der Waals surface area (Å²) in [7, 11) is 2.42. The maximum atomic E-state index is 2.64. The van der Waals surface area contributed by atoms with Crippen molar-refractivity contribution in [2.24, 2.45) is 0 Å². The minimum absolute atomic E-state index is 0.764. The van der Waals surface area contributed by atoms with E-state index in [1.165, 1.54) is 20.8 Å². The summed E-state index contributed by atoms with van der Waals surface area (Å²) in [5.41, 5.74) is 0. The molecule has 0 bridgehead atoms. The molecule has 72 valence electrons. The molecule has 0 saturated carbocycles. The van der Waals surface area contributed by atoms with Crippen molar-refractivity contribution in [3.8, 4) is 0 Å². The van der Waals surface area contributed by atoms with Gasteiger partial charge in [-0.2, -0.15) is 0 Å². The Hall–Kier alpha value is 0.354. The predicted molar refractivity (Wildman–Crippen MR) is 61.4 cm³/mol. The van der Waals surface area contributed by atoms with Gasteiger partial charge in [0.2, 0.25) is 0 Å². The minimum atomic E-state index is 0.764. The van der Waals surface area contributed by atoms with E-state index in [4.69, 9.17) is 0 Å². The van der Waals surface area contributed by atoms with Gasteiger partial charge in [0.05, 0.1) is 20.8 Å². The Morgan fingerprint density at radius 2 is 0.833 bits per heavy atom. The number of hydrogen-bond donors (Lipinski definition) is 0. The summed E-state index contributed by atoms with van der Waals surface area (Å²) in [5.74, 6) is 0. The largest absolute Gasteiger partial charge is 0.324 e. The van der Waals surface area contributed by atoms with Crippen molar-refractivity contribution < 1.29 is 0 Å². The van der Waals surface area contributed by atoms with Crippen LogP contribution in [0.15, 0.2) is 0 Å². The lowest BCUT2D eigenvalue weighted by atomic mass is 10.0. The molecule has 0 aromatic rings. The third-order valence-electron chi connectivity index (χ3n) is 3.97. The quantitative estimate of drug-likeness (QED) is 0.452. The van der Waals surface area contributed by atoms with E-state index in [2.05, 4.69) is 36.8 Å². The van der Waals surface area contributed by atoms with E-state index in [-0.39, 0.29) is 0 Å². The Kier molecular flexibility index (Phi) is 3.14. The van der Waals surface area contributed by atoms with Gasteiger partial charge in [-0.3, -0.25) is 0 Å². The predicted octanol–water partition coefficient (Wildman–Crippen LogP) is -1.28. The summed E-state index contributed by atoms with van der Waals surface area (Å²) in [5, 5.41) is 0. The number of rotatable bonds is 0. The standard InChI is InChI=1S/C8H22N2Si2/c1-5-6(2)10(12)8(4)7(3)9(5)11/h5-8H,1-4,11-12H3/t5-,6+,7+,8-. The summed E-state index contributed by atoms with van der Waals surface area (Å²) in [6.45, 7) is 9.46. The molecule has 1 aliphatic heterocycles. The van der Waals surface area contributed by atoms with Gasteiger partial charge in [0, 0.05) is 24.2 Å². The van der Waals surface area contributed by atoms with E-state index in [1.807, 2.05) is 0 Å². The fourth-order valence-corrected chi connectivity index (χ4v) is 3.83. The van der Waals surface area contributed by atoms with Crippen LogP contribution in [0.4, 0.5) is 0 Å². The van der Waals surface area contributed by atoms with Crippen molar-refractivity contribution in [2.75, 3.05) is 0 Å². The second kappa shape index (κ2) is 3.61. The highest BCUT2D eigenvalue weighted by Gasteiger charge is 2.34. The molecular weight excluding hydrogens is 180 g/mol. The second-order valence-corrected chi connectivity index (χ2v) is 6.36. The number of piperazine rings is 1. The third-order valence-corrected chi connectivity index (χ3v) is 7.22. The molecule has 0 radical (unpaired) electrons. The fraction of sp³-hybridized carbons (Fsp3) is 1.00. The molecule has 12 heavy (non-hydrogen) atoms. The van der Waals surface area contributed by atoms with Crippen molar-refractivity contribution in [3.05, 3.63) is 0 Å². The summed E-state index contributed by atoms with van der Waals surface area (Å²) >= 11 is 0. The zero-order valence-corrected chi connectivity index (χ0v) is 13.2. The van der Waals surface area contributed by atoms with Crippen LogP contribution < -0.4 is 0 Å². The van der Waals surface area contributed by atoms with Gasteiger partial charge >= 0.3 is 0 Å². The molecule has 4 atom stereocenters. The van der Waals surface area contributed by atoms with E-state index < -0.39 is 0 Å². The Labute approximate surface area is 82.3 Å². The average molecular weight is 202 g/mol. The van der Waals surface area contributed by atoms with Crippen molar-refractivity contribution in [2.45, 2.75) is 51.9 Å². The molecule has 0 spiro atoms. The fourth-order valence-electron chi connectivity index (χ4n) is 2.10. The monoisotopic (exact) mass is 202 g/mol. The lowest BCUT2D eigenvalue weighted by Crippen LogP contribution is -2.63. The topological polar surface area (TPSA) is 6.48 Å². The van der Waals surface area contributed by atoms with E-state index in [0.717, 1.165) is 24.2 Å². The van der Waals surface area contributed by atoms with Crippen molar-refractivity contribution in [1.29, 1.82) is 0 Å². The maximum absolute atomic E-state index is 2.64. The Balaban J connectivity index is 2.76. The van der Waals surface area contributed by atoms with Gasteiger partial charge in [0.25, 0.3) is 0 Å². The molecule has 1 rings (SSSR count). The first-order valence-corrected chi connectivity index (χ1v) is 6.69. The summed E-state index contributed by atoms with van der Waals surface area (Å²) in [4.78, 5) is 0. The van der Waals surface area contributed by atoms with Gasteiger partial charge in [0.1, 0.15) is 0 Å². The molecule has 0 unspecified atom stereocenters. The molecule has 1 fully saturated rings. The Morgan fingerprint density at radius 3 is 1.00 bits per heavy atom. The first-order chi connectivity index (χ1) is 5.46. The Bertz CT molecular complexity index is 107. The molecular formula is C8H22N2Si2. The number of nitrogens with zero attached hydrogens (tertiary/aromatic N) is 2. The molecule has 0 aromatic carbocycles. The molecule has 0 amide bonds. The van der Waals surface area contributed by atoms with Crippen LogP contribution in [0.25, 0.3) is 0 Å². The van der Waals surface area contributed by atoms with Crippen LogP contribution in [0.1, 0.15) is 27.7 Å². The molecule has 4 heteroatoms. The molecule has 1 heterocycles. The van der Waals surface area contributed by atoms with Crippen LogP contribution in [0.3, 0.4) is 0 Å². The summed E-state index contributed by atoms with van der Waals surface area (Å²) < 4.78 is 5.29. The zero-order valence-electron chi connectivity index (χ0n) is 9.20. The highest BCUT2D eigenvalue weighted by molar-refractivity contribution is 6.07. The van der Waals surface area contributed by atoms with Crippen LogP contribution in [0.2, 0.25) is 0 Å². The maximum Gasteiger partial charge on any atom is 0.0792 e. The summed E-state index contributed by atoms with van der Waals surface area (Å²) in [6, 6.07) is 3.06. The lowest BCUT2D eigenvalue weighted by molar-refractivity contribution is 0.0686. The zero-order chi connectivity index (χ0) is 9.46. The van der Waals surface area contributed by atoms with Crippen LogP contribution in [-0.4, -0.2) is 54.1 Å². The lowest BCUT2D eigenvalue weighted by Gasteiger charge is -2.51. The van der Waals surface area contributed by atoms with Gasteiger partial charge in [-0.05, 0) is 27.7 Å². The van der Waals surface area contributed by atoms with Crippen molar-refractivity contribution in [1.82, 2.24) is 9.13 Å². The van der Waals surface area contributed by atoms with E-state index >= 15 is 0 Å². The summed E-state index contributed by atoms with van der Waals surface area (Å²) in [6.07, 6.45) is 0. The molecule has 1 saturated heterocycles. The van der Waals surface area contributed by atoms with Gasteiger partial charge < -0.3 is 9.13 Å².